The second kappa shape index (κ2) is 5.80. The predicted molar refractivity (Wildman–Crippen MR) is 84.8 cm³/mol. The number of hydrogen-bond donors (Lipinski definition) is 0. The van der Waals surface area contributed by atoms with Crippen LogP contribution in [0.1, 0.15) is 36.8 Å². The fourth-order valence-electron chi connectivity index (χ4n) is 2.78. The Kier molecular flexibility index (Phi) is 3.87. The van der Waals surface area contributed by atoms with Crippen molar-refractivity contribution < 1.29 is 9.47 Å². The summed E-state index contributed by atoms with van der Waals surface area (Å²) in [5.74, 6) is 1.26. The molecule has 2 aromatic carbocycles. The maximum atomic E-state index is 6.23. The van der Waals surface area contributed by atoms with Gasteiger partial charge in [-0.25, -0.2) is 0 Å². The second-order valence-electron chi connectivity index (χ2n) is 5.95. The van der Waals surface area contributed by atoms with Gasteiger partial charge in [-0.3, -0.25) is 0 Å². The van der Waals surface area contributed by atoms with E-state index in [1.165, 1.54) is 11.1 Å². The highest BCUT2D eigenvalue weighted by Gasteiger charge is 2.38. The highest BCUT2D eigenvalue weighted by atomic mass is 16.7. The summed E-state index contributed by atoms with van der Waals surface area (Å²) in [6.45, 7) is 4.16. The first-order chi connectivity index (χ1) is 10.2. The number of rotatable bonds is 4. The van der Waals surface area contributed by atoms with Gasteiger partial charge in [-0.1, -0.05) is 35.4 Å². The van der Waals surface area contributed by atoms with Crippen LogP contribution in [0.4, 0.5) is 0 Å². The average molecular weight is 282 g/mol. The number of hydrogen-bond acceptors (Lipinski definition) is 2. The minimum absolute atomic E-state index is 0.509. The van der Waals surface area contributed by atoms with E-state index in [2.05, 4.69) is 38.1 Å². The van der Waals surface area contributed by atoms with Crippen molar-refractivity contribution >= 4 is 0 Å². The summed E-state index contributed by atoms with van der Waals surface area (Å²) in [4.78, 5) is 0. The lowest BCUT2D eigenvalue weighted by molar-refractivity contribution is -0.107. The first-order valence-electron chi connectivity index (χ1n) is 7.67. The number of benzene rings is 2. The van der Waals surface area contributed by atoms with Crippen LogP contribution < -0.4 is 9.47 Å². The Morgan fingerprint density at radius 2 is 1.05 bits per heavy atom. The van der Waals surface area contributed by atoms with Crippen LogP contribution in [0.15, 0.2) is 48.5 Å². The minimum Gasteiger partial charge on any atom is -0.452 e. The van der Waals surface area contributed by atoms with Gasteiger partial charge in [0.1, 0.15) is 11.5 Å². The van der Waals surface area contributed by atoms with Crippen LogP contribution in [0.3, 0.4) is 0 Å². The van der Waals surface area contributed by atoms with Crippen molar-refractivity contribution in [2.45, 2.75) is 45.3 Å². The molecule has 1 fully saturated rings. The zero-order valence-electron chi connectivity index (χ0n) is 12.8. The van der Waals surface area contributed by atoms with Crippen molar-refractivity contribution in [1.29, 1.82) is 0 Å². The summed E-state index contributed by atoms with van der Waals surface area (Å²) in [6, 6.07) is 16.4. The first-order valence-corrected chi connectivity index (χ1v) is 7.67. The first kappa shape index (κ1) is 14.0. The van der Waals surface area contributed by atoms with E-state index < -0.39 is 5.79 Å². The fourth-order valence-corrected chi connectivity index (χ4v) is 2.78. The van der Waals surface area contributed by atoms with Crippen LogP contribution in [0, 0.1) is 13.8 Å². The Bertz CT molecular complexity index is 528. The Labute approximate surface area is 126 Å². The van der Waals surface area contributed by atoms with Gasteiger partial charge in [0, 0.05) is 12.8 Å². The molecule has 2 nitrogen and oxygen atoms in total. The molecule has 0 bridgehead atoms. The molecule has 0 spiro atoms. The Morgan fingerprint density at radius 3 is 1.43 bits per heavy atom. The molecule has 110 valence electrons. The third kappa shape index (κ3) is 3.38. The summed E-state index contributed by atoms with van der Waals surface area (Å²) in [5, 5.41) is 0. The molecular weight excluding hydrogens is 260 g/mol. The maximum absolute atomic E-state index is 6.23. The van der Waals surface area contributed by atoms with Gasteiger partial charge in [0.05, 0.1) is 0 Å². The molecule has 21 heavy (non-hydrogen) atoms. The number of aryl methyl sites for hydroxylation is 2. The van der Waals surface area contributed by atoms with Gasteiger partial charge < -0.3 is 9.47 Å². The SMILES string of the molecule is Cc1ccc(OC2(Oc3ccc(C)cc3)CCCC2)cc1. The van der Waals surface area contributed by atoms with E-state index >= 15 is 0 Å². The summed E-state index contributed by atoms with van der Waals surface area (Å²) in [6.07, 6.45) is 4.18. The van der Waals surface area contributed by atoms with Crippen LogP contribution in [0.2, 0.25) is 0 Å². The zero-order valence-corrected chi connectivity index (χ0v) is 12.8. The molecule has 0 radical (unpaired) electrons. The summed E-state index contributed by atoms with van der Waals surface area (Å²) in [5.41, 5.74) is 2.48. The molecule has 0 saturated heterocycles. The highest BCUT2D eigenvalue weighted by Crippen LogP contribution is 2.36. The normalized spacial score (nSPS) is 16.7. The molecular formula is C19H22O2. The van der Waals surface area contributed by atoms with Crippen molar-refractivity contribution in [2.24, 2.45) is 0 Å². The molecule has 1 aliphatic carbocycles. The zero-order chi connectivity index (χ0) is 14.7. The standard InChI is InChI=1S/C19H22O2/c1-15-5-9-17(10-6-15)20-19(13-3-4-14-19)21-18-11-7-16(2)8-12-18/h5-12H,3-4,13-14H2,1-2H3. The predicted octanol–water partition coefficient (Wildman–Crippen LogP) is 5.03. The monoisotopic (exact) mass is 282 g/mol. The molecule has 0 unspecified atom stereocenters. The molecule has 0 amide bonds. The van der Waals surface area contributed by atoms with Crippen LogP contribution in [0.5, 0.6) is 11.5 Å². The largest absolute Gasteiger partial charge is 0.452 e. The lowest BCUT2D eigenvalue weighted by Crippen LogP contribution is -2.39. The molecule has 0 N–H and O–H groups in total. The van der Waals surface area contributed by atoms with Crippen molar-refractivity contribution in [1.82, 2.24) is 0 Å². The summed E-state index contributed by atoms with van der Waals surface area (Å²) in [7, 11) is 0. The van der Waals surface area contributed by atoms with E-state index in [-0.39, 0.29) is 0 Å². The quantitative estimate of drug-likeness (QED) is 0.732. The maximum Gasteiger partial charge on any atom is 0.251 e. The Balaban J connectivity index is 1.79. The van der Waals surface area contributed by atoms with E-state index in [1.807, 2.05) is 24.3 Å². The Hall–Kier alpha value is -1.96. The van der Waals surface area contributed by atoms with E-state index in [0.29, 0.717) is 0 Å². The minimum atomic E-state index is -0.509. The lowest BCUT2D eigenvalue weighted by atomic mass is 10.2. The third-order valence-electron chi connectivity index (χ3n) is 4.02. The molecule has 2 aromatic rings. The molecule has 1 aliphatic rings. The van der Waals surface area contributed by atoms with E-state index in [9.17, 15) is 0 Å². The van der Waals surface area contributed by atoms with Crippen LogP contribution >= 0.6 is 0 Å². The van der Waals surface area contributed by atoms with Crippen LogP contribution in [-0.2, 0) is 0 Å². The average Bonchev–Trinajstić information content (AvgIpc) is 2.92. The van der Waals surface area contributed by atoms with Gasteiger partial charge in [0.2, 0.25) is 0 Å². The van der Waals surface area contributed by atoms with Crippen LogP contribution in [0.25, 0.3) is 0 Å². The van der Waals surface area contributed by atoms with Gasteiger partial charge in [-0.05, 0) is 51.0 Å². The molecule has 0 aromatic heterocycles. The smallest absolute Gasteiger partial charge is 0.251 e. The van der Waals surface area contributed by atoms with Gasteiger partial charge >= 0.3 is 0 Å². The van der Waals surface area contributed by atoms with Crippen molar-refractivity contribution in [3.63, 3.8) is 0 Å². The molecule has 1 saturated carbocycles. The van der Waals surface area contributed by atoms with E-state index in [4.69, 9.17) is 9.47 Å². The molecule has 3 rings (SSSR count). The molecule has 0 heterocycles. The summed E-state index contributed by atoms with van der Waals surface area (Å²) >= 11 is 0. The second-order valence-corrected chi connectivity index (χ2v) is 5.95. The van der Waals surface area contributed by atoms with Gasteiger partial charge in [0.25, 0.3) is 5.79 Å². The van der Waals surface area contributed by atoms with Gasteiger partial charge in [-0.2, -0.15) is 0 Å². The van der Waals surface area contributed by atoms with Crippen molar-refractivity contribution in [3.05, 3.63) is 59.7 Å². The van der Waals surface area contributed by atoms with Gasteiger partial charge in [-0.15, -0.1) is 0 Å². The molecule has 0 aliphatic heterocycles. The fraction of sp³-hybridized carbons (Fsp3) is 0.368. The van der Waals surface area contributed by atoms with Crippen molar-refractivity contribution in [2.75, 3.05) is 0 Å². The van der Waals surface area contributed by atoms with E-state index in [1.54, 1.807) is 0 Å². The lowest BCUT2D eigenvalue weighted by Gasteiger charge is -2.31. The van der Waals surface area contributed by atoms with Gasteiger partial charge in [0.15, 0.2) is 0 Å². The van der Waals surface area contributed by atoms with Crippen molar-refractivity contribution in [3.8, 4) is 11.5 Å². The summed E-state index contributed by atoms with van der Waals surface area (Å²) < 4.78 is 12.5. The third-order valence-corrected chi connectivity index (χ3v) is 4.02. The molecule has 0 atom stereocenters. The highest BCUT2D eigenvalue weighted by molar-refractivity contribution is 5.29. The van der Waals surface area contributed by atoms with E-state index in [0.717, 1.165) is 37.2 Å². The number of ether oxygens (including phenoxy) is 2. The Morgan fingerprint density at radius 1 is 0.667 bits per heavy atom. The topological polar surface area (TPSA) is 18.5 Å². The van der Waals surface area contributed by atoms with Crippen LogP contribution in [-0.4, -0.2) is 5.79 Å². The molecule has 2 heteroatoms.